The van der Waals surface area contributed by atoms with Gasteiger partial charge in [0.15, 0.2) is 11.5 Å². The van der Waals surface area contributed by atoms with Crippen molar-refractivity contribution in [3.63, 3.8) is 0 Å². The third-order valence-corrected chi connectivity index (χ3v) is 13.0. The van der Waals surface area contributed by atoms with Gasteiger partial charge in [-0.15, -0.1) is 11.3 Å². The average Bonchev–Trinajstić information content (AvgIpc) is 3.85. The van der Waals surface area contributed by atoms with E-state index in [0.717, 1.165) is 49.4 Å². The zero-order chi connectivity index (χ0) is 39.2. The van der Waals surface area contributed by atoms with Crippen molar-refractivity contribution in [2.75, 3.05) is 18.1 Å². The predicted octanol–water partition coefficient (Wildman–Crippen LogP) is 14.4. The molecule has 9 aromatic rings. The molecule has 2 aliphatic rings. The van der Waals surface area contributed by atoms with E-state index in [1.165, 1.54) is 44.5 Å². The molecule has 8 aromatic carbocycles. The summed E-state index contributed by atoms with van der Waals surface area (Å²) in [5.41, 5.74) is 14.9. The maximum absolute atomic E-state index is 6.31. The van der Waals surface area contributed by atoms with Gasteiger partial charge in [-0.05, 0) is 92.0 Å². The molecule has 0 radical (unpaired) electrons. The van der Waals surface area contributed by atoms with E-state index >= 15 is 0 Å². The summed E-state index contributed by atoms with van der Waals surface area (Å²) in [6.07, 6.45) is 0. The number of ether oxygens (including phenoxy) is 2. The lowest BCUT2D eigenvalue weighted by Crippen LogP contribution is -2.28. The molecule has 0 fully saturated rings. The fourth-order valence-corrected chi connectivity index (χ4v) is 10.3. The normalized spacial score (nSPS) is 13.4. The van der Waals surface area contributed by atoms with E-state index in [1.807, 2.05) is 6.07 Å². The molecule has 3 nitrogen and oxygen atoms in total. The predicted molar refractivity (Wildman–Crippen MR) is 244 cm³/mol. The highest BCUT2D eigenvalue weighted by molar-refractivity contribution is 7.19. The van der Waals surface area contributed by atoms with Crippen molar-refractivity contribution in [2.45, 2.75) is 5.41 Å². The second kappa shape index (κ2) is 14.7. The van der Waals surface area contributed by atoms with Crippen LogP contribution in [0.5, 0.6) is 11.5 Å². The molecule has 0 bridgehead atoms. The first-order valence-corrected chi connectivity index (χ1v) is 21.0. The van der Waals surface area contributed by atoms with Gasteiger partial charge in [-0.2, -0.15) is 0 Å². The Morgan fingerprint density at radius 1 is 0.373 bits per heavy atom. The number of rotatable bonds is 8. The maximum atomic E-state index is 6.31. The van der Waals surface area contributed by atoms with Crippen LogP contribution in [0.25, 0.3) is 43.1 Å². The highest BCUT2D eigenvalue weighted by Crippen LogP contribution is 2.58. The summed E-state index contributed by atoms with van der Waals surface area (Å²) in [6, 6.07) is 76.9. The summed E-state index contributed by atoms with van der Waals surface area (Å²) in [6.45, 7) is 1.08. The molecule has 1 aliphatic carbocycles. The van der Waals surface area contributed by atoms with E-state index in [1.54, 1.807) is 11.3 Å². The second-order valence-corrected chi connectivity index (χ2v) is 16.1. The summed E-state index contributed by atoms with van der Waals surface area (Å²) in [5.74, 6) is 1.67. The van der Waals surface area contributed by atoms with Crippen LogP contribution in [-0.4, -0.2) is 13.2 Å². The summed E-state index contributed by atoms with van der Waals surface area (Å²) < 4.78 is 12.6. The molecule has 1 aromatic heterocycles. The first kappa shape index (κ1) is 35.1. The number of fused-ring (bicyclic) bond motifs is 4. The monoisotopic (exact) mass is 777 g/mol. The fraction of sp³-hybridized carbons (Fsp3) is 0.0545. The Bertz CT molecular complexity index is 2870. The van der Waals surface area contributed by atoms with Gasteiger partial charge in [0.1, 0.15) is 13.2 Å². The Morgan fingerprint density at radius 2 is 0.797 bits per heavy atom. The third kappa shape index (κ3) is 5.87. The summed E-state index contributed by atoms with van der Waals surface area (Å²) in [4.78, 5) is 4.56. The van der Waals surface area contributed by atoms with Crippen LogP contribution in [0.4, 0.5) is 17.1 Å². The van der Waals surface area contributed by atoms with E-state index in [2.05, 4.69) is 211 Å². The SMILES string of the molecule is c1ccc(-c2ccc(N(c3ccc(-c4sc(-c5ccccc5)c5c4OCCO5)cc3)c3ccc4c(c3)C(c3ccccc3)(c3ccccc3)c3ccccc3-4)cc2)cc1. The minimum Gasteiger partial charge on any atom is -0.485 e. The number of benzene rings is 8. The van der Waals surface area contributed by atoms with Gasteiger partial charge in [0.2, 0.25) is 0 Å². The first-order valence-electron chi connectivity index (χ1n) is 20.2. The molecule has 59 heavy (non-hydrogen) atoms. The maximum Gasteiger partial charge on any atom is 0.180 e. The molecule has 11 rings (SSSR count). The van der Waals surface area contributed by atoms with Gasteiger partial charge in [0.05, 0.1) is 15.2 Å². The smallest absolute Gasteiger partial charge is 0.180 e. The molecule has 1 aliphatic heterocycles. The quantitative estimate of drug-likeness (QED) is 0.153. The van der Waals surface area contributed by atoms with Crippen LogP contribution >= 0.6 is 11.3 Å². The lowest BCUT2D eigenvalue weighted by molar-refractivity contribution is 0.175. The van der Waals surface area contributed by atoms with E-state index < -0.39 is 5.41 Å². The molecule has 282 valence electrons. The fourth-order valence-electron chi connectivity index (χ4n) is 9.13. The number of thiophene rings is 1. The molecule has 0 atom stereocenters. The second-order valence-electron chi connectivity index (χ2n) is 15.0. The van der Waals surface area contributed by atoms with E-state index in [4.69, 9.17) is 9.47 Å². The molecule has 0 amide bonds. The highest BCUT2D eigenvalue weighted by atomic mass is 32.1. The topological polar surface area (TPSA) is 21.7 Å². The molecular weight excluding hydrogens is 739 g/mol. The van der Waals surface area contributed by atoms with Crippen LogP contribution in [-0.2, 0) is 5.41 Å². The zero-order valence-corrected chi connectivity index (χ0v) is 33.1. The van der Waals surface area contributed by atoms with Crippen molar-refractivity contribution in [1.29, 1.82) is 0 Å². The summed E-state index contributed by atoms with van der Waals surface area (Å²) in [5, 5.41) is 0. The zero-order valence-electron chi connectivity index (χ0n) is 32.3. The van der Waals surface area contributed by atoms with Crippen LogP contribution in [0.3, 0.4) is 0 Å². The first-order chi connectivity index (χ1) is 29.3. The molecule has 0 saturated heterocycles. The number of hydrogen-bond donors (Lipinski definition) is 0. The Labute approximate surface area is 349 Å². The van der Waals surface area contributed by atoms with Crippen molar-refractivity contribution in [1.82, 2.24) is 0 Å². The summed E-state index contributed by atoms with van der Waals surface area (Å²) in [7, 11) is 0. The molecule has 0 spiro atoms. The van der Waals surface area contributed by atoms with Crippen molar-refractivity contribution in [3.8, 4) is 54.6 Å². The van der Waals surface area contributed by atoms with Crippen LogP contribution in [0, 0.1) is 0 Å². The minimum absolute atomic E-state index is 0.506. The van der Waals surface area contributed by atoms with Crippen LogP contribution in [0.1, 0.15) is 22.3 Å². The molecule has 4 heteroatoms. The van der Waals surface area contributed by atoms with Gasteiger partial charge in [0.25, 0.3) is 0 Å². The standard InChI is InChI=1S/C55H39NO2S/c1-5-15-38(16-6-1)39-25-29-44(30-26-39)56(45-31-27-41(28-32-45)54-52-51(57-35-36-58-52)53(59-54)40-17-7-2-8-18-40)46-33-34-48-47-23-13-14-24-49(47)55(50(48)37-46,42-19-9-3-10-20-42)43-21-11-4-12-22-43/h1-34,37H,35-36H2. The van der Waals surface area contributed by atoms with Crippen LogP contribution < -0.4 is 14.4 Å². The minimum atomic E-state index is -0.506. The van der Waals surface area contributed by atoms with Gasteiger partial charge in [0, 0.05) is 17.1 Å². The Balaban J connectivity index is 1.08. The largest absolute Gasteiger partial charge is 0.485 e. The lowest BCUT2D eigenvalue weighted by atomic mass is 9.67. The Hall–Kier alpha value is -7.14. The van der Waals surface area contributed by atoms with E-state index in [-0.39, 0.29) is 0 Å². The highest BCUT2D eigenvalue weighted by Gasteiger charge is 2.46. The molecule has 2 heterocycles. The van der Waals surface area contributed by atoms with Crippen molar-refractivity contribution < 1.29 is 9.47 Å². The third-order valence-electron chi connectivity index (χ3n) is 11.8. The van der Waals surface area contributed by atoms with Gasteiger partial charge < -0.3 is 14.4 Å². The van der Waals surface area contributed by atoms with Gasteiger partial charge in [-0.25, -0.2) is 0 Å². The lowest BCUT2D eigenvalue weighted by Gasteiger charge is -2.35. The van der Waals surface area contributed by atoms with Gasteiger partial charge >= 0.3 is 0 Å². The number of nitrogens with zero attached hydrogens (tertiary/aromatic N) is 1. The van der Waals surface area contributed by atoms with Gasteiger partial charge in [-0.3, -0.25) is 0 Å². The van der Waals surface area contributed by atoms with Crippen molar-refractivity contribution in [3.05, 3.63) is 235 Å². The van der Waals surface area contributed by atoms with Crippen molar-refractivity contribution in [2.24, 2.45) is 0 Å². The average molecular weight is 778 g/mol. The molecule has 0 unspecified atom stereocenters. The van der Waals surface area contributed by atoms with E-state index in [9.17, 15) is 0 Å². The van der Waals surface area contributed by atoms with E-state index in [0.29, 0.717) is 13.2 Å². The van der Waals surface area contributed by atoms with Crippen molar-refractivity contribution >= 4 is 28.4 Å². The van der Waals surface area contributed by atoms with Crippen LogP contribution in [0.2, 0.25) is 0 Å². The summed E-state index contributed by atoms with van der Waals surface area (Å²) >= 11 is 1.73. The number of hydrogen-bond acceptors (Lipinski definition) is 4. The van der Waals surface area contributed by atoms with Gasteiger partial charge in [-0.1, -0.05) is 176 Å². The van der Waals surface area contributed by atoms with Crippen LogP contribution in [0.15, 0.2) is 212 Å². The number of anilines is 3. The molecule has 0 N–H and O–H groups in total. The molecule has 0 saturated carbocycles. The Morgan fingerprint density at radius 3 is 1.37 bits per heavy atom. The molecular formula is C55H39NO2S. The Kier molecular flexibility index (Phi) is 8.71.